The van der Waals surface area contributed by atoms with Gasteiger partial charge in [0.2, 0.25) is 0 Å². The molecule has 2 saturated heterocycles. The third kappa shape index (κ3) is 5.75. The minimum absolute atomic E-state index is 0.330. The summed E-state index contributed by atoms with van der Waals surface area (Å²) >= 11 is 5.22. The number of carbonyl (C=O) groups is 2. The fourth-order valence-corrected chi connectivity index (χ4v) is 3.93. The summed E-state index contributed by atoms with van der Waals surface area (Å²) < 4.78 is 25.3. The molecule has 0 unspecified atom stereocenters. The zero-order valence-corrected chi connectivity index (χ0v) is 18.8. The lowest BCUT2D eigenvalue weighted by Crippen LogP contribution is -2.49. The molecule has 2 heterocycles. The minimum atomic E-state index is -0.497. The highest BCUT2D eigenvalue weighted by Gasteiger charge is 2.33. The number of amides is 2. The molecule has 0 spiro atoms. The molecule has 2 amide bonds. The van der Waals surface area contributed by atoms with E-state index in [4.69, 9.17) is 21.7 Å². The molecule has 0 bridgehead atoms. The molecule has 2 aliphatic heterocycles. The molecule has 2 fully saturated rings. The van der Waals surface area contributed by atoms with Crippen molar-refractivity contribution in [1.29, 1.82) is 0 Å². The Balaban J connectivity index is 1.58. The summed E-state index contributed by atoms with van der Waals surface area (Å²) in [4.78, 5) is 29.8. The first kappa shape index (κ1) is 23.1. The van der Waals surface area contributed by atoms with E-state index in [0.29, 0.717) is 57.3 Å². The van der Waals surface area contributed by atoms with Gasteiger partial charge in [0.1, 0.15) is 11.9 Å². The van der Waals surface area contributed by atoms with Crippen LogP contribution in [0, 0.1) is 5.82 Å². The molecule has 0 aliphatic carbocycles. The van der Waals surface area contributed by atoms with Crippen molar-refractivity contribution >= 4 is 40.8 Å². The summed E-state index contributed by atoms with van der Waals surface area (Å²) in [6.07, 6.45) is 0.557. The summed E-state index contributed by atoms with van der Waals surface area (Å²) in [5.74, 6) is -0.416. The molecule has 2 aliphatic rings. The molecule has 1 aromatic carbocycles. The predicted octanol–water partition coefficient (Wildman–Crippen LogP) is 3.15. The Morgan fingerprint density at radius 1 is 1.29 bits per heavy atom. The van der Waals surface area contributed by atoms with Crippen LogP contribution in [-0.4, -0.2) is 74.1 Å². The highest BCUT2D eigenvalue weighted by atomic mass is 32.1. The van der Waals surface area contributed by atoms with Gasteiger partial charge in [-0.1, -0.05) is 19.1 Å². The van der Waals surface area contributed by atoms with Gasteiger partial charge in [0, 0.05) is 26.2 Å². The van der Waals surface area contributed by atoms with Crippen molar-refractivity contribution in [2.45, 2.75) is 32.8 Å². The maximum Gasteiger partial charge on any atom is 0.414 e. The largest absolute Gasteiger partial charge is 0.450 e. The zero-order valence-electron chi connectivity index (χ0n) is 17.9. The zero-order chi connectivity index (χ0) is 22.4. The first-order chi connectivity index (χ1) is 14.9. The number of ether oxygens (including phenoxy) is 2. The Morgan fingerprint density at radius 3 is 2.68 bits per heavy atom. The van der Waals surface area contributed by atoms with Crippen LogP contribution in [0.5, 0.6) is 0 Å². The van der Waals surface area contributed by atoms with E-state index in [1.807, 2.05) is 11.8 Å². The SMILES string of the molecule is CCCC(=S)NC[C@H]1CN(c2ccc(N3CCN(C(=O)OCC)CC3)c(F)c2)C(=O)O1. The molecule has 0 aromatic heterocycles. The normalized spacial score (nSPS) is 18.7. The number of nitrogens with one attached hydrogen (secondary N) is 1. The first-order valence-corrected chi connectivity index (χ1v) is 11.0. The average Bonchev–Trinajstić information content (AvgIpc) is 3.13. The Kier molecular flexibility index (Phi) is 7.89. The van der Waals surface area contributed by atoms with E-state index in [-0.39, 0.29) is 12.2 Å². The van der Waals surface area contributed by atoms with Crippen molar-refractivity contribution < 1.29 is 23.5 Å². The Labute approximate surface area is 187 Å². The van der Waals surface area contributed by atoms with E-state index in [1.54, 1.807) is 24.0 Å². The van der Waals surface area contributed by atoms with Gasteiger partial charge in [-0.05, 0) is 38.0 Å². The Bertz CT molecular complexity index is 817. The fourth-order valence-electron chi connectivity index (χ4n) is 3.65. The number of nitrogens with zero attached hydrogens (tertiary/aromatic N) is 3. The monoisotopic (exact) mass is 452 g/mol. The lowest BCUT2D eigenvalue weighted by molar-refractivity contribution is 0.105. The first-order valence-electron chi connectivity index (χ1n) is 10.6. The van der Waals surface area contributed by atoms with Gasteiger partial charge in [-0.15, -0.1) is 0 Å². The van der Waals surface area contributed by atoms with Gasteiger partial charge in [0.15, 0.2) is 0 Å². The second-order valence-electron chi connectivity index (χ2n) is 7.48. The van der Waals surface area contributed by atoms with Crippen LogP contribution in [0.2, 0.25) is 0 Å². The maximum absolute atomic E-state index is 14.9. The average molecular weight is 453 g/mol. The standard InChI is InChI=1S/C21H29FN4O4S/c1-3-5-19(31)23-13-16-14-26(21(28)30-16)15-6-7-18(17(22)12-15)24-8-10-25(11-9-24)20(27)29-4-2/h6-7,12,16H,3-5,8-11,13-14H2,1-2H3,(H,23,31)/t16-/m0/s1. The van der Waals surface area contributed by atoms with Crippen LogP contribution in [0.25, 0.3) is 0 Å². The summed E-state index contributed by atoms with van der Waals surface area (Å²) in [5.41, 5.74) is 0.901. The van der Waals surface area contributed by atoms with Gasteiger partial charge in [0.25, 0.3) is 0 Å². The molecule has 3 rings (SSSR count). The number of hydrogen-bond acceptors (Lipinski definition) is 6. The summed E-state index contributed by atoms with van der Waals surface area (Å²) in [6, 6.07) is 4.74. The molecule has 8 nitrogen and oxygen atoms in total. The topological polar surface area (TPSA) is 74.4 Å². The number of anilines is 2. The molecular formula is C21H29FN4O4S. The van der Waals surface area contributed by atoms with E-state index in [0.717, 1.165) is 17.8 Å². The van der Waals surface area contributed by atoms with Gasteiger partial charge < -0.3 is 24.6 Å². The van der Waals surface area contributed by atoms with Gasteiger partial charge in [-0.25, -0.2) is 14.0 Å². The number of hydrogen-bond donors (Lipinski definition) is 1. The lowest BCUT2D eigenvalue weighted by atomic mass is 10.2. The molecule has 170 valence electrons. The van der Waals surface area contributed by atoms with Gasteiger partial charge >= 0.3 is 12.2 Å². The van der Waals surface area contributed by atoms with Crippen molar-refractivity contribution in [1.82, 2.24) is 10.2 Å². The van der Waals surface area contributed by atoms with Crippen molar-refractivity contribution in [2.24, 2.45) is 0 Å². The summed E-state index contributed by atoms with van der Waals surface area (Å²) in [7, 11) is 0. The fraction of sp³-hybridized carbons (Fsp3) is 0.571. The van der Waals surface area contributed by atoms with Crippen molar-refractivity contribution in [3.05, 3.63) is 24.0 Å². The number of rotatable bonds is 7. The van der Waals surface area contributed by atoms with E-state index < -0.39 is 11.9 Å². The van der Waals surface area contributed by atoms with Crippen LogP contribution in [0.1, 0.15) is 26.7 Å². The third-order valence-corrected chi connectivity index (χ3v) is 5.62. The molecule has 0 saturated carbocycles. The van der Waals surface area contributed by atoms with Gasteiger partial charge in [-0.3, -0.25) is 4.90 Å². The number of halogens is 1. The van der Waals surface area contributed by atoms with Crippen LogP contribution >= 0.6 is 12.2 Å². The van der Waals surface area contributed by atoms with Crippen LogP contribution in [-0.2, 0) is 9.47 Å². The Hall–Kier alpha value is -2.62. The number of thiocarbonyl (C=S) groups is 1. The minimum Gasteiger partial charge on any atom is -0.450 e. The van der Waals surface area contributed by atoms with E-state index in [9.17, 15) is 14.0 Å². The summed E-state index contributed by atoms with van der Waals surface area (Å²) in [5, 5.41) is 3.11. The summed E-state index contributed by atoms with van der Waals surface area (Å²) in [6.45, 7) is 6.85. The smallest absolute Gasteiger partial charge is 0.414 e. The number of benzene rings is 1. The highest BCUT2D eigenvalue weighted by molar-refractivity contribution is 7.80. The van der Waals surface area contributed by atoms with E-state index in [1.165, 1.54) is 11.0 Å². The quantitative estimate of drug-likeness (QED) is 0.637. The molecule has 10 heteroatoms. The van der Waals surface area contributed by atoms with Gasteiger partial charge in [-0.2, -0.15) is 0 Å². The number of cyclic esters (lactones) is 1. The highest BCUT2D eigenvalue weighted by Crippen LogP contribution is 2.28. The molecule has 1 atom stereocenters. The molecule has 0 radical (unpaired) electrons. The van der Waals surface area contributed by atoms with Crippen LogP contribution in [0.15, 0.2) is 18.2 Å². The molecule has 1 N–H and O–H groups in total. The second-order valence-corrected chi connectivity index (χ2v) is 7.97. The molecule has 31 heavy (non-hydrogen) atoms. The third-order valence-electron chi connectivity index (χ3n) is 5.27. The number of carbonyl (C=O) groups excluding carboxylic acids is 2. The van der Waals surface area contributed by atoms with Crippen LogP contribution < -0.4 is 15.1 Å². The molecule has 1 aromatic rings. The van der Waals surface area contributed by atoms with E-state index in [2.05, 4.69) is 5.32 Å². The van der Waals surface area contributed by atoms with Crippen molar-refractivity contribution in [3.8, 4) is 0 Å². The molecular weight excluding hydrogens is 423 g/mol. The van der Waals surface area contributed by atoms with Crippen molar-refractivity contribution in [2.75, 3.05) is 55.7 Å². The Morgan fingerprint density at radius 2 is 2.03 bits per heavy atom. The van der Waals surface area contributed by atoms with Crippen LogP contribution in [0.3, 0.4) is 0 Å². The second kappa shape index (κ2) is 10.6. The predicted molar refractivity (Wildman–Crippen MR) is 120 cm³/mol. The maximum atomic E-state index is 14.9. The van der Waals surface area contributed by atoms with Crippen LogP contribution in [0.4, 0.5) is 25.4 Å². The van der Waals surface area contributed by atoms with E-state index >= 15 is 0 Å². The lowest BCUT2D eigenvalue weighted by Gasteiger charge is -2.35. The van der Waals surface area contributed by atoms with Gasteiger partial charge in [0.05, 0.1) is 36.1 Å². The van der Waals surface area contributed by atoms with Crippen molar-refractivity contribution in [3.63, 3.8) is 0 Å². The number of piperazine rings is 1.